The Morgan fingerprint density at radius 1 is 1.13 bits per heavy atom. The van der Waals surface area contributed by atoms with Crippen LogP contribution in [0.15, 0.2) is 46.1 Å². The highest BCUT2D eigenvalue weighted by molar-refractivity contribution is 14.0. The zero-order chi connectivity index (χ0) is 20.3. The molecule has 1 aromatic carbocycles. The van der Waals surface area contributed by atoms with Crippen molar-refractivity contribution >= 4 is 29.9 Å². The number of benzene rings is 1. The summed E-state index contributed by atoms with van der Waals surface area (Å²) in [6.07, 6.45) is 3.79. The zero-order valence-corrected chi connectivity index (χ0v) is 20.5. The van der Waals surface area contributed by atoms with Gasteiger partial charge in [0.05, 0.1) is 5.69 Å². The van der Waals surface area contributed by atoms with Crippen LogP contribution in [0.2, 0.25) is 0 Å². The third kappa shape index (κ3) is 4.97. The van der Waals surface area contributed by atoms with E-state index in [1.807, 2.05) is 13.1 Å². The predicted molar refractivity (Wildman–Crippen MR) is 130 cm³/mol. The van der Waals surface area contributed by atoms with Gasteiger partial charge < -0.3 is 19.6 Å². The standard InChI is InChI=1S/C22H32N6O.HI/c1-23-21(28-11-9-27(10-12-28)16-20-8-13-29-25-20)24-17-22(26(2)3)14-18-6-4-5-7-19(18)15-22;/h4-8,13H,9-12,14-17H2,1-3H3,(H,23,24);1H. The molecule has 1 fully saturated rings. The lowest BCUT2D eigenvalue weighted by molar-refractivity contribution is 0.154. The lowest BCUT2D eigenvalue weighted by atomic mass is 9.94. The number of piperazine rings is 1. The fourth-order valence-electron chi connectivity index (χ4n) is 4.52. The second kappa shape index (κ2) is 10.1. The molecular weight excluding hydrogens is 491 g/mol. The number of fused-ring (bicyclic) bond motifs is 1. The van der Waals surface area contributed by atoms with Crippen LogP contribution in [-0.4, -0.2) is 85.2 Å². The molecule has 2 aliphatic rings. The Morgan fingerprint density at radius 2 is 1.80 bits per heavy atom. The Labute approximate surface area is 196 Å². The van der Waals surface area contributed by atoms with Crippen molar-refractivity contribution in [2.45, 2.75) is 24.9 Å². The smallest absolute Gasteiger partial charge is 0.193 e. The van der Waals surface area contributed by atoms with E-state index in [-0.39, 0.29) is 29.5 Å². The average molecular weight is 524 g/mol. The average Bonchev–Trinajstić information content (AvgIpc) is 3.37. The second-order valence-corrected chi connectivity index (χ2v) is 8.40. The van der Waals surface area contributed by atoms with E-state index in [1.54, 1.807) is 6.26 Å². The number of hydrogen-bond donors (Lipinski definition) is 1. The summed E-state index contributed by atoms with van der Waals surface area (Å²) in [5.41, 5.74) is 4.03. The molecule has 7 nitrogen and oxygen atoms in total. The highest BCUT2D eigenvalue weighted by atomic mass is 127. The number of aliphatic imine (C=N–C) groups is 1. The first-order valence-corrected chi connectivity index (χ1v) is 10.4. The van der Waals surface area contributed by atoms with Gasteiger partial charge in [-0.25, -0.2) is 0 Å². The van der Waals surface area contributed by atoms with Crippen molar-refractivity contribution in [3.63, 3.8) is 0 Å². The number of aromatic nitrogens is 1. The number of nitrogens with one attached hydrogen (secondary N) is 1. The van der Waals surface area contributed by atoms with Crippen LogP contribution in [0.4, 0.5) is 0 Å². The van der Waals surface area contributed by atoms with Crippen LogP contribution in [0.25, 0.3) is 0 Å². The molecule has 2 heterocycles. The first kappa shape index (κ1) is 23.0. The van der Waals surface area contributed by atoms with Gasteiger partial charge in [-0.05, 0) is 38.1 Å². The van der Waals surface area contributed by atoms with E-state index in [4.69, 9.17) is 4.52 Å². The highest BCUT2D eigenvalue weighted by Crippen LogP contribution is 2.33. The van der Waals surface area contributed by atoms with Crippen molar-refractivity contribution in [2.24, 2.45) is 4.99 Å². The maximum atomic E-state index is 4.95. The Hall–Kier alpha value is -1.65. The lowest BCUT2D eigenvalue weighted by Crippen LogP contribution is -2.58. The van der Waals surface area contributed by atoms with E-state index in [9.17, 15) is 0 Å². The molecule has 0 saturated carbocycles. The van der Waals surface area contributed by atoms with Gasteiger partial charge in [-0.15, -0.1) is 24.0 Å². The minimum Gasteiger partial charge on any atom is -0.364 e. The zero-order valence-electron chi connectivity index (χ0n) is 18.2. The third-order valence-corrected chi connectivity index (χ3v) is 6.44. The van der Waals surface area contributed by atoms with Gasteiger partial charge in [0.15, 0.2) is 5.96 Å². The molecule has 0 bridgehead atoms. The molecule has 1 N–H and O–H groups in total. The third-order valence-electron chi connectivity index (χ3n) is 6.44. The number of rotatable bonds is 5. The van der Waals surface area contributed by atoms with Crippen molar-refractivity contribution < 1.29 is 4.52 Å². The van der Waals surface area contributed by atoms with Crippen LogP contribution in [0, 0.1) is 0 Å². The van der Waals surface area contributed by atoms with E-state index in [1.165, 1.54) is 11.1 Å². The van der Waals surface area contributed by atoms with Gasteiger partial charge >= 0.3 is 0 Å². The molecule has 4 rings (SSSR count). The number of nitrogens with zero attached hydrogens (tertiary/aromatic N) is 5. The maximum Gasteiger partial charge on any atom is 0.193 e. The second-order valence-electron chi connectivity index (χ2n) is 8.40. The summed E-state index contributed by atoms with van der Waals surface area (Å²) in [7, 11) is 6.27. The number of guanidine groups is 1. The SMILES string of the molecule is CN=C(NCC1(N(C)C)Cc2ccccc2C1)N1CCN(Cc2ccon2)CC1.I. The Bertz CT molecular complexity index is 805. The fraction of sp³-hybridized carbons (Fsp3) is 0.545. The molecule has 0 atom stereocenters. The molecule has 30 heavy (non-hydrogen) atoms. The summed E-state index contributed by atoms with van der Waals surface area (Å²) < 4.78 is 4.95. The molecule has 1 saturated heterocycles. The molecule has 0 radical (unpaired) electrons. The van der Waals surface area contributed by atoms with Crippen molar-refractivity contribution in [3.8, 4) is 0 Å². The summed E-state index contributed by atoms with van der Waals surface area (Å²) in [6, 6.07) is 10.8. The monoisotopic (exact) mass is 524 g/mol. The van der Waals surface area contributed by atoms with Crippen molar-refractivity contribution in [1.29, 1.82) is 0 Å². The normalized spacial score (nSPS) is 18.9. The minimum absolute atomic E-state index is 0. The highest BCUT2D eigenvalue weighted by Gasteiger charge is 2.39. The van der Waals surface area contributed by atoms with E-state index in [2.05, 4.69) is 68.5 Å². The fourth-order valence-corrected chi connectivity index (χ4v) is 4.52. The number of likely N-dealkylation sites (N-methyl/N-ethyl adjacent to an activating group) is 1. The quantitative estimate of drug-likeness (QED) is 0.368. The molecule has 1 aliphatic carbocycles. The summed E-state index contributed by atoms with van der Waals surface area (Å²) >= 11 is 0. The Balaban J connectivity index is 0.00000256. The molecule has 8 heteroatoms. The Morgan fingerprint density at radius 3 is 2.33 bits per heavy atom. The first-order valence-electron chi connectivity index (χ1n) is 10.4. The van der Waals surface area contributed by atoms with Gasteiger partial charge in [-0.3, -0.25) is 9.89 Å². The van der Waals surface area contributed by atoms with Gasteiger partial charge in [0.1, 0.15) is 6.26 Å². The first-order chi connectivity index (χ1) is 14.1. The van der Waals surface area contributed by atoms with Crippen LogP contribution in [-0.2, 0) is 19.4 Å². The van der Waals surface area contributed by atoms with Crippen molar-refractivity contribution in [3.05, 3.63) is 53.4 Å². The number of halogens is 1. The maximum absolute atomic E-state index is 4.95. The molecule has 164 valence electrons. The van der Waals surface area contributed by atoms with Gasteiger partial charge in [-0.1, -0.05) is 29.4 Å². The largest absolute Gasteiger partial charge is 0.364 e. The molecular formula is C22H33IN6O. The van der Waals surface area contributed by atoms with Crippen LogP contribution >= 0.6 is 24.0 Å². The summed E-state index contributed by atoms with van der Waals surface area (Å²) in [5, 5.41) is 7.71. The van der Waals surface area contributed by atoms with Gasteiger partial charge in [0, 0.05) is 57.9 Å². The molecule has 1 aromatic heterocycles. The van der Waals surface area contributed by atoms with Crippen molar-refractivity contribution in [1.82, 2.24) is 25.2 Å². The summed E-state index contributed by atoms with van der Waals surface area (Å²) in [5.74, 6) is 1.00. The molecule has 2 aromatic rings. The summed E-state index contributed by atoms with van der Waals surface area (Å²) in [4.78, 5) is 11.7. The number of hydrogen-bond acceptors (Lipinski definition) is 5. The predicted octanol–water partition coefficient (Wildman–Crippen LogP) is 2.08. The van der Waals surface area contributed by atoms with Gasteiger partial charge in [0.2, 0.25) is 0 Å². The molecule has 0 unspecified atom stereocenters. The molecule has 0 amide bonds. The molecule has 1 aliphatic heterocycles. The van der Waals surface area contributed by atoms with Gasteiger partial charge in [-0.2, -0.15) is 0 Å². The van der Waals surface area contributed by atoms with Crippen LogP contribution in [0.1, 0.15) is 16.8 Å². The van der Waals surface area contributed by atoms with Gasteiger partial charge in [0.25, 0.3) is 0 Å². The van der Waals surface area contributed by atoms with Crippen molar-refractivity contribution in [2.75, 3.05) is 53.9 Å². The topological polar surface area (TPSA) is 60.1 Å². The van der Waals surface area contributed by atoms with E-state index < -0.39 is 0 Å². The van der Waals surface area contributed by atoms with E-state index in [0.29, 0.717) is 0 Å². The Kier molecular flexibility index (Phi) is 7.75. The van der Waals surface area contributed by atoms with Crippen LogP contribution in [0.5, 0.6) is 0 Å². The van der Waals surface area contributed by atoms with Crippen LogP contribution < -0.4 is 5.32 Å². The van der Waals surface area contributed by atoms with E-state index in [0.717, 1.165) is 63.8 Å². The van der Waals surface area contributed by atoms with E-state index >= 15 is 0 Å². The molecule has 0 spiro atoms. The van der Waals surface area contributed by atoms with Crippen LogP contribution in [0.3, 0.4) is 0 Å². The summed E-state index contributed by atoms with van der Waals surface area (Å²) in [6.45, 7) is 5.66. The minimum atomic E-state index is 0. The lowest BCUT2D eigenvalue weighted by Gasteiger charge is -2.40.